The molecule has 0 saturated heterocycles. The lowest BCUT2D eigenvalue weighted by Gasteiger charge is -2.18. The van der Waals surface area contributed by atoms with Gasteiger partial charge in [0, 0.05) is 26.0 Å². The Bertz CT molecular complexity index is 1400. The van der Waals surface area contributed by atoms with Gasteiger partial charge in [0.05, 0.1) is 13.7 Å². The van der Waals surface area contributed by atoms with E-state index in [1.807, 2.05) is 30.3 Å². The van der Waals surface area contributed by atoms with E-state index in [1.165, 1.54) is 11.7 Å². The van der Waals surface area contributed by atoms with Gasteiger partial charge in [-0.3, -0.25) is 14.2 Å². The van der Waals surface area contributed by atoms with Crippen molar-refractivity contribution >= 4 is 50.1 Å². The zero-order chi connectivity index (χ0) is 22.8. The molecular formula is C25H17BrClNO4. The lowest BCUT2D eigenvalue weighted by molar-refractivity contribution is 0.0588. The molecule has 0 amide bonds. The molecule has 0 bridgehead atoms. The molecule has 0 fully saturated rings. The predicted molar refractivity (Wildman–Crippen MR) is 128 cm³/mol. The average Bonchev–Trinajstić information content (AvgIpc) is 2.80. The lowest BCUT2D eigenvalue weighted by atomic mass is 9.96. The number of hydrogen-bond acceptors (Lipinski definition) is 4. The van der Waals surface area contributed by atoms with Crippen molar-refractivity contribution in [3.05, 3.63) is 104 Å². The monoisotopic (exact) mass is 509 g/mol. The number of ketones is 1. The van der Waals surface area contributed by atoms with Crippen LogP contribution in [0.1, 0.15) is 20.8 Å². The summed E-state index contributed by atoms with van der Waals surface area (Å²) < 4.78 is 6.99. The van der Waals surface area contributed by atoms with Gasteiger partial charge in [-0.25, -0.2) is 4.79 Å². The molecule has 0 aliphatic carbocycles. The van der Waals surface area contributed by atoms with Crippen LogP contribution < -0.4 is 5.56 Å². The van der Waals surface area contributed by atoms with Crippen LogP contribution in [0.25, 0.3) is 21.9 Å². The van der Waals surface area contributed by atoms with Gasteiger partial charge in [0.1, 0.15) is 5.69 Å². The summed E-state index contributed by atoms with van der Waals surface area (Å²) in [5, 5.41) is 1.48. The summed E-state index contributed by atoms with van der Waals surface area (Å²) in [6.45, 7) is -0.323. The third-order valence-corrected chi connectivity index (χ3v) is 5.89. The largest absolute Gasteiger partial charge is 0.464 e. The van der Waals surface area contributed by atoms with Crippen molar-refractivity contribution in [2.75, 3.05) is 7.11 Å². The number of ether oxygens (including phenoxy) is 1. The van der Waals surface area contributed by atoms with Crippen molar-refractivity contribution in [2.24, 2.45) is 0 Å². The van der Waals surface area contributed by atoms with E-state index in [2.05, 4.69) is 15.9 Å². The molecule has 0 spiro atoms. The van der Waals surface area contributed by atoms with Crippen molar-refractivity contribution < 1.29 is 14.3 Å². The van der Waals surface area contributed by atoms with Gasteiger partial charge < -0.3 is 4.74 Å². The Morgan fingerprint density at radius 1 is 0.969 bits per heavy atom. The van der Waals surface area contributed by atoms with Crippen LogP contribution in [-0.2, 0) is 11.3 Å². The molecule has 0 radical (unpaired) electrons. The number of halogens is 2. The number of pyridine rings is 1. The number of nitrogens with zero attached hydrogens (tertiary/aromatic N) is 1. The fraction of sp³-hybridized carbons (Fsp3) is 0.0800. The molecule has 0 atom stereocenters. The molecule has 1 heterocycles. The highest BCUT2D eigenvalue weighted by Gasteiger charge is 2.25. The summed E-state index contributed by atoms with van der Waals surface area (Å²) >= 11 is 9.37. The molecule has 0 unspecified atom stereocenters. The third-order valence-electron chi connectivity index (χ3n) is 5.14. The first-order valence-corrected chi connectivity index (χ1v) is 10.9. The first-order chi connectivity index (χ1) is 15.4. The minimum Gasteiger partial charge on any atom is -0.464 e. The van der Waals surface area contributed by atoms with E-state index < -0.39 is 11.5 Å². The smallest absolute Gasteiger partial charge is 0.355 e. The van der Waals surface area contributed by atoms with Crippen molar-refractivity contribution in [1.29, 1.82) is 0 Å². The second-order valence-corrected chi connectivity index (χ2v) is 8.44. The van der Waals surface area contributed by atoms with E-state index in [4.69, 9.17) is 16.3 Å². The van der Waals surface area contributed by atoms with Crippen molar-refractivity contribution in [3.8, 4) is 11.1 Å². The summed E-state index contributed by atoms with van der Waals surface area (Å²) in [6.07, 6.45) is 0. The zero-order valence-electron chi connectivity index (χ0n) is 17.0. The van der Waals surface area contributed by atoms with Crippen LogP contribution in [0.15, 0.2) is 82.1 Å². The van der Waals surface area contributed by atoms with Gasteiger partial charge in [-0.1, -0.05) is 57.9 Å². The van der Waals surface area contributed by atoms with Gasteiger partial charge in [0.25, 0.3) is 5.56 Å². The van der Waals surface area contributed by atoms with Crippen LogP contribution in [0.5, 0.6) is 0 Å². The summed E-state index contributed by atoms with van der Waals surface area (Å²) in [5.41, 5.74) is 1.21. The molecule has 4 rings (SSSR count). The van der Waals surface area contributed by atoms with Gasteiger partial charge >= 0.3 is 5.97 Å². The highest BCUT2D eigenvalue weighted by molar-refractivity contribution is 9.10. The average molecular weight is 511 g/mol. The van der Waals surface area contributed by atoms with Crippen LogP contribution in [0.4, 0.5) is 0 Å². The van der Waals surface area contributed by atoms with E-state index in [-0.39, 0.29) is 18.0 Å². The van der Waals surface area contributed by atoms with Gasteiger partial charge in [0.15, 0.2) is 5.78 Å². The predicted octanol–water partition coefficient (Wildman–Crippen LogP) is 5.75. The molecule has 0 aliphatic heterocycles. The maximum absolute atomic E-state index is 13.5. The number of aromatic nitrogens is 1. The summed E-state index contributed by atoms with van der Waals surface area (Å²) in [4.78, 5) is 39.4. The molecule has 5 nitrogen and oxygen atoms in total. The molecule has 1 aromatic heterocycles. The van der Waals surface area contributed by atoms with Crippen LogP contribution in [0.2, 0.25) is 5.02 Å². The van der Waals surface area contributed by atoms with Gasteiger partial charge in [-0.15, -0.1) is 0 Å². The Morgan fingerprint density at radius 2 is 1.66 bits per heavy atom. The van der Waals surface area contributed by atoms with Crippen LogP contribution in [-0.4, -0.2) is 23.4 Å². The number of methoxy groups -OCH3 is 1. The molecule has 4 aromatic rings. The van der Waals surface area contributed by atoms with Crippen molar-refractivity contribution in [1.82, 2.24) is 4.57 Å². The Kier molecular flexibility index (Phi) is 6.26. The van der Waals surface area contributed by atoms with E-state index in [0.717, 1.165) is 10.0 Å². The van der Waals surface area contributed by atoms with Crippen molar-refractivity contribution in [3.63, 3.8) is 0 Å². The van der Waals surface area contributed by atoms with Crippen LogP contribution in [0, 0.1) is 0 Å². The highest BCUT2D eigenvalue weighted by Crippen LogP contribution is 2.33. The minimum atomic E-state index is -0.702. The molecule has 7 heteroatoms. The van der Waals surface area contributed by atoms with Gasteiger partial charge in [-0.05, 0) is 53.4 Å². The molecular weight excluding hydrogens is 494 g/mol. The Balaban J connectivity index is 2.04. The fourth-order valence-corrected chi connectivity index (χ4v) is 4.13. The number of carbonyl (C=O) groups is 2. The second-order valence-electron chi connectivity index (χ2n) is 7.09. The lowest BCUT2D eigenvalue weighted by Crippen LogP contribution is -2.31. The van der Waals surface area contributed by atoms with Crippen LogP contribution in [0.3, 0.4) is 0 Å². The maximum Gasteiger partial charge on any atom is 0.355 e. The zero-order valence-corrected chi connectivity index (χ0v) is 19.3. The SMILES string of the molecule is COC(=O)c1c(-c2ccccc2)c2cc(Br)ccc2c(=O)n1CC(=O)c1ccc(Cl)cc1. The van der Waals surface area contributed by atoms with Crippen LogP contribution >= 0.6 is 27.5 Å². The number of rotatable bonds is 5. The molecule has 0 N–H and O–H groups in total. The van der Waals surface area contributed by atoms with E-state index in [1.54, 1.807) is 42.5 Å². The van der Waals surface area contributed by atoms with Gasteiger partial charge in [0.2, 0.25) is 0 Å². The Morgan fingerprint density at radius 3 is 2.31 bits per heavy atom. The number of hydrogen-bond donors (Lipinski definition) is 0. The topological polar surface area (TPSA) is 65.4 Å². The van der Waals surface area contributed by atoms with E-state index in [0.29, 0.717) is 26.9 Å². The first-order valence-electron chi connectivity index (χ1n) is 9.69. The van der Waals surface area contributed by atoms with Crippen molar-refractivity contribution in [2.45, 2.75) is 6.54 Å². The number of Topliss-reactive ketones (excluding diaryl/α,β-unsaturated/α-hetero) is 1. The quantitative estimate of drug-likeness (QED) is 0.253. The minimum absolute atomic E-state index is 0.0246. The summed E-state index contributed by atoms with van der Waals surface area (Å²) in [6, 6.07) is 20.8. The molecule has 160 valence electrons. The Labute approximate surface area is 197 Å². The second kappa shape index (κ2) is 9.10. The number of esters is 1. The fourth-order valence-electron chi connectivity index (χ4n) is 3.65. The number of carbonyl (C=O) groups excluding carboxylic acids is 2. The third kappa shape index (κ3) is 4.11. The van der Waals surface area contributed by atoms with E-state index >= 15 is 0 Å². The first kappa shape index (κ1) is 22.0. The normalized spacial score (nSPS) is 10.8. The molecule has 3 aromatic carbocycles. The Hall–Kier alpha value is -3.22. The van der Waals surface area contributed by atoms with Gasteiger partial charge in [-0.2, -0.15) is 0 Å². The summed E-state index contributed by atoms with van der Waals surface area (Å²) in [7, 11) is 1.25. The number of fused-ring (bicyclic) bond motifs is 1. The summed E-state index contributed by atoms with van der Waals surface area (Å²) in [5.74, 6) is -1.03. The standard InChI is InChI=1S/C25H17BrClNO4/c1-32-25(31)23-22(16-5-3-2-4-6-16)20-13-17(26)9-12-19(20)24(30)28(23)14-21(29)15-7-10-18(27)11-8-15/h2-13H,14H2,1H3. The highest BCUT2D eigenvalue weighted by atomic mass is 79.9. The maximum atomic E-state index is 13.5. The van der Waals surface area contributed by atoms with E-state index in [9.17, 15) is 14.4 Å². The number of benzene rings is 3. The molecule has 0 aliphatic rings. The molecule has 0 saturated carbocycles. The molecule has 32 heavy (non-hydrogen) atoms.